The minimum atomic E-state index is -3.77. The predicted octanol–water partition coefficient (Wildman–Crippen LogP) is 5.26. The van der Waals surface area contributed by atoms with Crippen LogP contribution in [0.15, 0.2) is 86.1 Å². The highest BCUT2D eigenvalue weighted by Gasteiger charge is 2.30. The van der Waals surface area contributed by atoms with Crippen LogP contribution < -0.4 is 5.32 Å². The Morgan fingerprint density at radius 2 is 1.49 bits per heavy atom. The summed E-state index contributed by atoms with van der Waals surface area (Å²) in [7, 11) is -7.48. The van der Waals surface area contributed by atoms with E-state index in [0.717, 1.165) is 25.7 Å². The average molecular weight is 565 g/mol. The lowest BCUT2D eigenvalue weighted by atomic mass is 10.1. The first-order chi connectivity index (χ1) is 17.8. The molecule has 1 fully saturated rings. The Balaban J connectivity index is 0.00000186. The molecule has 1 atom stereocenters. The number of sulfone groups is 1. The second kappa shape index (κ2) is 13.5. The molecule has 0 aliphatic heterocycles. The molecule has 1 aliphatic rings. The van der Waals surface area contributed by atoms with Crippen LogP contribution in [0.3, 0.4) is 0 Å². The van der Waals surface area contributed by atoms with Gasteiger partial charge in [0.1, 0.15) is 4.90 Å². The largest absolute Gasteiger partial charge is 0.390 e. The lowest BCUT2D eigenvalue weighted by Crippen LogP contribution is -2.42. The van der Waals surface area contributed by atoms with Gasteiger partial charge in [-0.2, -0.15) is 4.31 Å². The normalized spacial score (nSPS) is 15.2. The van der Waals surface area contributed by atoms with Gasteiger partial charge in [-0.1, -0.05) is 63.1 Å². The van der Waals surface area contributed by atoms with E-state index in [4.69, 9.17) is 0 Å². The van der Waals surface area contributed by atoms with E-state index >= 15 is 0 Å². The van der Waals surface area contributed by atoms with Crippen LogP contribution in [-0.4, -0.2) is 52.0 Å². The van der Waals surface area contributed by atoms with Crippen LogP contribution in [0.4, 0.5) is 5.69 Å². The number of benzene rings is 2. The molecule has 2 N–H and O–H groups in total. The van der Waals surface area contributed by atoms with Crippen LogP contribution in [0.2, 0.25) is 0 Å². The fraction of sp³-hybridized carbons (Fsp3) is 0.407. The summed E-state index contributed by atoms with van der Waals surface area (Å²) in [5.74, 6) is 0.271. The second-order valence-electron chi connectivity index (χ2n) is 8.79. The van der Waals surface area contributed by atoms with Crippen molar-refractivity contribution >= 4 is 36.9 Å². The standard InChI is InChI=1S/C25H30N2O5S3.C2H6/c28-21(15-26-24-18-33-19-25(24)34(29,30)22-11-3-1-4-12-22)17-27(16-20-9-7-8-10-20)35(31,32)23-13-5-2-6-14-23;1-2/h1-6,11-14,18-21,26,28H,7-10,15-17H2;1-2H3. The monoisotopic (exact) mass is 564 g/mol. The van der Waals surface area contributed by atoms with Crippen molar-refractivity contribution in [1.29, 1.82) is 0 Å². The number of nitrogens with zero attached hydrogens (tertiary/aromatic N) is 1. The van der Waals surface area contributed by atoms with Gasteiger partial charge in [-0.3, -0.25) is 0 Å². The molecule has 4 rings (SSSR count). The molecule has 0 spiro atoms. The first kappa shape index (κ1) is 29.3. The third-order valence-corrected chi connectivity index (χ3v) is 10.8. The van der Waals surface area contributed by atoms with Gasteiger partial charge >= 0.3 is 0 Å². The minimum Gasteiger partial charge on any atom is -0.390 e. The highest BCUT2D eigenvalue weighted by molar-refractivity contribution is 7.91. The maximum atomic E-state index is 13.3. The van der Waals surface area contributed by atoms with Gasteiger partial charge in [-0.15, -0.1) is 11.3 Å². The fourth-order valence-corrected chi connectivity index (χ4v) is 8.55. The van der Waals surface area contributed by atoms with Gasteiger partial charge in [0.25, 0.3) is 0 Å². The number of aliphatic hydroxyl groups is 1. The van der Waals surface area contributed by atoms with Crippen LogP contribution in [-0.2, 0) is 19.9 Å². The van der Waals surface area contributed by atoms with Gasteiger partial charge < -0.3 is 10.4 Å². The Morgan fingerprint density at radius 3 is 2.08 bits per heavy atom. The Kier molecular flexibility index (Phi) is 10.7. The van der Waals surface area contributed by atoms with Gasteiger partial charge in [-0.25, -0.2) is 16.8 Å². The van der Waals surface area contributed by atoms with Gasteiger partial charge in [0.15, 0.2) is 0 Å². The topological polar surface area (TPSA) is 104 Å². The molecule has 10 heteroatoms. The van der Waals surface area contributed by atoms with E-state index in [1.54, 1.807) is 71.4 Å². The predicted molar refractivity (Wildman–Crippen MR) is 149 cm³/mol. The van der Waals surface area contributed by atoms with E-state index < -0.39 is 26.0 Å². The Hall–Kier alpha value is -2.24. The van der Waals surface area contributed by atoms with Crippen LogP contribution in [0, 0.1) is 5.92 Å². The lowest BCUT2D eigenvalue weighted by Gasteiger charge is -2.27. The SMILES string of the molecule is CC.O=S(=O)(c1ccccc1)c1cscc1NCC(O)CN(CC1CCCC1)S(=O)(=O)c1ccccc1. The van der Waals surface area contributed by atoms with Crippen molar-refractivity contribution in [2.45, 2.75) is 60.3 Å². The zero-order chi connectivity index (χ0) is 26.9. The second-order valence-corrected chi connectivity index (χ2v) is 13.4. The summed E-state index contributed by atoms with van der Waals surface area (Å²) in [5.41, 5.74) is 0.395. The maximum absolute atomic E-state index is 13.3. The van der Waals surface area contributed by atoms with Crippen molar-refractivity contribution in [2.75, 3.05) is 25.0 Å². The summed E-state index contributed by atoms with van der Waals surface area (Å²) < 4.78 is 54.1. The van der Waals surface area contributed by atoms with Crippen LogP contribution >= 0.6 is 11.3 Å². The van der Waals surface area contributed by atoms with Crippen molar-refractivity contribution in [1.82, 2.24) is 4.31 Å². The number of aliphatic hydroxyl groups excluding tert-OH is 1. The first-order valence-corrected chi connectivity index (χ1v) is 16.5. The number of thiophene rings is 1. The molecular formula is C27H36N2O5S3. The smallest absolute Gasteiger partial charge is 0.243 e. The third-order valence-electron chi connectivity index (χ3n) is 6.23. The molecule has 202 valence electrons. The Labute approximate surface area is 225 Å². The average Bonchev–Trinajstić information content (AvgIpc) is 3.62. The zero-order valence-electron chi connectivity index (χ0n) is 21.3. The summed E-state index contributed by atoms with van der Waals surface area (Å²) in [6, 6.07) is 16.4. The van der Waals surface area contributed by atoms with Crippen LogP contribution in [0.25, 0.3) is 0 Å². The molecule has 7 nitrogen and oxygen atoms in total. The number of anilines is 1. The summed E-state index contributed by atoms with van der Waals surface area (Å²) >= 11 is 1.25. The van der Waals surface area contributed by atoms with E-state index in [2.05, 4.69) is 5.32 Å². The third kappa shape index (κ3) is 7.42. The molecular weight excluding hydrogens is 529 g/mol. The highest BCUT2D eigenvalue weighted by Crippen LogP contribution is 2.31. The quantitative estimate of drug-likeness (QED) is 0.329. The lowest BCUT2D eigenvalue weighted by molar-refractivity contribution is 0.151. The Bertz CT molecular complexity index is 1300. The molecule has 1 saturated carbocycles. The van der Waals surface area contributed by atoms with Gasteiger partial charge in [0, 0.05) is 30.4 Å². The summed E-state index contributed by atoms with van der Waals surface area (Å²) in [4.78, 5) is 0.534. The molecule has 0 bridgehead atoms. The van der Waals surface area contributed by atoms with E-state index in [1.807, 2.05) is 13.8 Å². The molecule has 2 aromatic carbocycles. The van der Waals surface area contributed by atoms with Crippen molar-refractivity contribution in [2.24, 2.45) is 5.92 Å². The van der Waals surface area contributed by atoms with E-state index in [0.29, 0.717) is 12.2 Å². The van der Waals surface area contributed by atoms with E-state index in [-0.39, 0.29) is 33.7 Å². The van der Waals surface area contributed by atoms with Gasteiger partial charge in [0.2, 0.25) is 19.9 Å². The highest BCUT2D eigenvalue weighted by atomic mass is 32.2. The van der Waals surface area contributed by atoms with Crippen molar-refractivity contribution in [3.05, 3.63) is 71.4 Å². The minimum absolute atomic E-state index is 0.0134. The van der Waals surface area contributed by atoms with Crippen molar-refractivity contribution in [3.8, 4) is 0 Å². The molecule has 1 aliphatic carbocycles. The van der Waals surface area contributed by atoms with E-state index in [1.165, 1.54) is 15.6 Å². The molecule has 37 heavy (non-hydrogen) atoms. The summed E-state index contributed by atoms with van der Waals surface area (Å²) in [6.07, 6.45) is 3.10. The van der Waals surface area contributed by atoms with Crippen LogP contribution in [0.1, 0.15) is 39.5 Å². The summed E-state index contributed by atoms with van der Waals surface area (Å²) in [5, 5.41) is 17.1. The number of hydrogen-bond acceptors (Lipinski definition) is 7. The number of nitrogens with one attached hydrogen (secondary N) is 1. The molecule has 0 saturated heterocycles. The maximum Gasteiger partial charge on any atom is 0.243 e. The summed E-state index contributed by atoms with van der Waals surface area (Å²) in [6.45, 7) is 4.30. The number of sulfonamides is 1. The zero-order valence-corrected chi connectivity index (χ0v) is 23.7. The number of hydrogen-bond donors (Lipinski definition) is 2. The van der Waals surface area contributed by atoms with Crippen LogP contribution in [0.5, 0.6) is 0 Å². The van der Waals surface area contributed by atoms with Gasteiger partial charge in [-0.05, 0) is 43.0 Å². The Morgan fingerprint density at radius 1 is 0.919 bits per heavy atom. The molecule has 3 aromatic rings. The molecule has 1 heterocycles. The van der Waals surface area contributed by atoms with Crippen molar-refractivity contribution in [3.63, 3.8) is 0 Å². The first-order valence-electron chi connectivity index (χ1n) is 12.6. The number of rotatable bonds is 11. The van der Waals surface area contributed by atoms with Crippen molar-refractivity contribution < 1.29 is 21.9 Å². The van der Waals surface area contributed by atoms with E-state index in [9.17, 15) is 21.9 Å². The molecule has 0 radical (unpaired) electrons. The van der Waals surface area contributed by atoms with Gasteiger partial charge in [0.05, 0.1) is 21.6 Å². The fourth-order valence-electron chi connectivity index (χ4n) is 4.37. The molecule has 0 amide bonds. The molecule has 1 aromatic heterocycles. The molecule has 1 unspecified atom stereocenters.